The van der Waals surface area contributed by atoms with Gasteiger partial charge in [0.2, 0.25) is 0 Å². The summed E-state index contributed by atoms with van der Waals surface area (Å²) >= 11 is 1.52. The molecule has 2 rings (SSSR count). The molecule has 1 heterocycles. The molecule has 1 aromatic heterocycles. The van der Waals surface area contributed by atoms with Crippen molar-refractivity contribution in [3.63, 3.8) is 0 Å². The van der Waals surface area contributed by atoms with E-state index in [4.69, 9.17) is 9.62 Å². The molecule has 0 amide bonds. The van der Waals surface area contributed by atoms with E-state index in [0.717, 1.165) is 9.99 Å². The summed E-state index contributed by atoms with van der Waals surface area (Å²) in [6.45, 7) is 0. The normalized spacial score (nSPS) is 10.9. The number of hydrogen-bond donors (Lipinski definition) is 1. The Hall–Kier alpha value is -1.68. The zero-order valence-corrected chi connectivity index (χ0v) is 8.65. The van der Waals surface area contributed by atoms with Crippen molar-refractivity contribution in [1.29, 1.82) is 0 Å². The predicted molar refractivity (Wildman–Crippen MR) is 58.7 cm³/mol. The third-order valence-electron chi connectivity index (χ3n) is 1.75. The van der Waals surface area contributed by atoms with Crippen LogP contribution in [0.15, 0.2) is 62.0 Å². The summed E-state index contributed by atoms with van der Waals surface area (Å²) < 4.78 is 5.38. The molecule has 4 heteroatoms. The van der Waals surface area contributed by atoms with Crippen LogP contribution in [0.2, 0.25) is 0 Å². The summed E-state index contributed by atoms with van der Waals surface area (Å²) in [6, 6.07) is 13.5. The summed E-state index contributed by atoms with van der Waals surface area (Å²) in [5, 5.41) is 12.0. The van der Waals surface area contributed by atoms with E-state index in [0.29, 0.717) is 5.76 Å². The number of benzene rings is 1. The minimum absolute atomic E-state index is 0.538. The number of oxime groups is 1. The second kappa shape index (κ2) is 4.70. The first kappa shape index (κ1) is 9.86. The zero-order valence-electron chi connectivity index (χ0n) is 7.83. The molecular formula is C11H9NO2S. The van der Waals surface area contributed by atoms with Crippen LogP contribution in [0, 0.1) is 0 Å². The number of furan rings is 1. The summed E-state index contributed by atoms with van der Waals surface area (Å²) in [6.07, 6.45) is 1.26. The molecule has 0 fully saturated rings. The maximum Gasteiger partial charge on any atom is 0.165 e. The zero-order chi connectivity index (χ0) is 10.5. The van der Waals surface area contributed by atoms with Gasteiger partial charge in [0.15, 0.2) is 5.09 Å². The first-order valence-electron chi connectivity index (χ1n) is 4.38. The molecule has 0 saturated heterocycles. The maximum atomic E-state index is 8.32. The van der Waals surface area contributed by atoms with E-state index in [-0.39, 0.29) is 0 Å². The van der Waals surface area contributed by atoms with Crippen molar-refractivity contribution in [3.8, 4) is 0 Å². The molecule has 0 radical (unpaired) electrons. The monoisotopic (exact) mass is 219 g/mol. The van der Waals surface area contributed by atoms with Gasteiger partial charge in [-0.1, -0.05) is 35.1 Å². The Kier molecular flexibility index (Phi) is 3.09. The molecular weight excluding hydrogens is 210 g/mol. The first-order valence-corrected chi connectivity index (χ1v) is 5.20. The van der Waals surface area contributed by atoms with Crippen molar-refractivity contribution >= 4 is 18.0 Å². The second-order valence-electron chi connectivity index (χ2n) is 2.82. The van der Waals surface area contributed by atoms with Crippen LogP contribution in [0.5, 0.6) is 0 Å². The molecule has 1 aromatic carbocycles. The van der Waals surface area contributed by atoms with Crippen molar-refractivity contribution in [2.24, 2.45) is 5.16 Å². The minimum atomic E-state index is 0.538. The molecule has 0 saturated carbocycles. The lowest BCUT2D eigenvalue weighted by atomic mass is 10.4. The van der Waals surface area contributed by atoms with Crippen molar-refractivity contribution < 1.29 is 9.62 Å². The standard InChI is InChI=1S/C11H9NO2S/c13-12-8-9-6-7-11(14-9)15-10-4-2-1-3-5-10/h1-8,13H/b12-8-. The molecule has 15 heavy (non-hydrogen) atoms. The van der Waals surface area contributed by atoms with E-state index in [9.17, 15) is 0 Å². The average molecular weight is 219 g/mol. The van der Waals surface area contributed by atoms with Gasteiger partial charge in [0.25, 0.3) is 0 Å². The van der Waals surface area contributed by atoms with Gasteiger partial charge >= 0.3 is 0 Å². The van der Waals surface area contributed by atoms with Gasteiger partial charge in [0, 0.05) is 4.90 Å². The molecule has 0 aliphatic rings. The van der Waals surface area contributed by atoms with Crippen molar-refractivity contribution in [2.75, 3.05) is 0 Å². The lowest BCUT2D eigenvalue weighted by Gasteiger charge is -1.95. The Morgan fingerprint density at radius 1 is 1.13 bits per heavy atom. The van der Waals surface area contributed by atoms with E-state index in [1.807, 2.05) is 36.4 Å². The van der Waals surface area contributed by atoms with Gasteiger partial charge in [-0.2, -0.15) is 0 Å². The van der Waals surface area contributed by atoms with Crippen LogP contribution >= 0.6 is 11.8 Å². The van der Waals surface area contributed by atoms with Crippen molar-refractivity contribution in [3.05, 3.63) is 48.2 Å². The molecule has 3 nitrogen and oxygen atoms in total. The molecule has 0 bridgehead atoms. The second-order valence-corrected chi connectivity index (χ2v) is 3.89. The van der Waals surface area contributed by atoms with Gasteiger partial charge in [-0.3, -0.25) is 0 Å². The molecule has 0 aliphatic heterocycles. The van der Waals surface area contributed by atoms with Crippen molar-refractivity contribution in [2.45, 2.75) is 9.99 Å². The van der Waals surface area contributed by atoms with E-state index in [2.05, 4.69) is 5.16 Å². The van der Waals surface area contributed by atoms with Crippen LogP contribution in [0.1, 0.15) is 5.76 Å². The highest BCUT2D eigenvalue weighted by Gasteiger charge is 2.01. The smallest absolute Gasteiger partial charge is 0.165 e. The Morgan fingerprint density at radius 3 is 2.67 bits per heavy atom. The molecule has 0 unspecified atom stereocenters. The summed E-state index contributed by atoms with van der Waals surface area (Å²) in [5.41, 5.74) is 0. The highest BCUT2D eigenvalue weighted by Crippen LogP contribution is 2.28. The molecule has 0 aliphatic carbocycles. The number of rotatable bonds is 3. The van der Waals surface area contributed by atoms with Crippen LogP contribution in [-0.2, 0) is 0 Å². The fourth-order valence-corrected chi connectivity index (χ4v) is 1.92. The lowest BCUT2D eigenvalue weighted by Crippen LogP contribution is -1.72. The Labute approximate surface area is 91.4 Å². The van der Waals surface area contributed by atoms with Crippen LogP contribution < -0.4 is 0 Å². The predicted octanol–water partition coefficient (Wildman–Crippen LogP) is 3.24. The van der Waals surface area contributed by atoms with Crippen LogP contribution in [0.4, 0.5) is 0 Å². The van der Waals surface area contributed by atoms with Crippen LogP contribution in [0.3, 0.4) is 0 Å². The Balaban J connectivity index is 2.11. The van der Waals surface area contributed by atoms with E-state index < -0.39 is 0 Å². The average Bonchev–Trinajstić information content (AvgIpc) is 2.68. The van der Waals surface area contributed by atoms with E-state index >= 15 is 0 Å². The summed E-state index contributed by atoms with van der Waals surface area (Å²) in [5.74, 6) is 0.538. The van der Waals surface area contributed by atoms with Crippen LogP contribution in [-0.4, -0.2) is 11.4 Å². The van der Waals surface area contributed by atoms with Gasteiger partial charge < -0.3 is 9.62 Å². The molecule has 1 N–H and O–H groups in total. The lowest BCUT2D eigenvalue weighted by molar-refractivity contribution is 0.320. The topological polar surface area (TPSA) is 45.7 Å². The Morgan fingerprint density at radius 2 is 1.93 bits per heavy atom. The minimum Gasteiger partial charge on any atom is -0.448 e. The van der Waals surface area contributed by atoms with E-state index in [1.165, 1.54) is 18.0 Å². The van der Waals surface area contributed by atoms with Gasteiger partial charge in [-0.25, -0.2) is 0 Å². The fraction of sp³-hybridized carbons (Fsp3) is 0. The van der Waals surface area contributed by atoms with Gasteiger partial charge in [-0.05, 0) is 24.3 Å². The van der Waals surface area contributed by atoms with Gasteiger partial charge in [0.1, 0.15) is 12.0 Å². The summed E-state index contributed by atoms with van der Waals surface area (Å²) in [4.78, 5) is 1.11. The van der Waals surface area contributed by atoms with Gasteiger partial charge in [0.05, 0.1) is 0 Å². The summed E-state index contributed by atoms with van der Waals surface area (Å²) in [7, 11) is 0. The highest BCUT2D eigenvalue weighted by molar-refractivity contribution is 7.99. The molecule has 0 spiro atoms. The fourth-order valence-electron chi connectivity index (χ4n) is 1.12. The highest BCUT2D eigenvalue weighted by atomic mass is 32.2. The van der Waals surface area contributed by atoms with Gasteiger partial charge in [-0.15, -0.1) is 0 Å². The largest absolute Gasteiger partial charge is 0.448 e. The first-order chi connectivity index (χ1) is 7.38. The SMILES string of the molecule is O/N=C\c1ccc(Sc2ccccc2)o1. The quantitative estimate of drug-likeness (QED) is 0.489. The number of nitrogens with zero attached hydrogens (tertiary/aromatic N) is 1. The maximum absolute atomic E-state index is 8.32. The molecule has 0 atom stereocenters. The molecule has 2 aromatic rings. The van der Waals surface area contributed by atoms with Crippen molar-refractivity contribution in [1.82, 2.24) is 0 Å². The van der Waals surface area contributed by atoms with E-state index in [1.54, 1.807) is 6.07 Å². The molecule has 76 valence electrons. The third-order valence-corrected chi connectivity index (χ3v) is 2.68. The van der Waals surface area contributed by atoms with Crippen LogP contribution in [0.25, 0.3) is 0 Å². The number of hydrogen-bond acceptors (Lipinski definition) is 4. The third kappa shape index (κ3) is 2.63. The Bertz CT molecular complexity index is 451.